The van der Waals surface area contributed by atoms with Gasteiger partial charge in [0, 0.05) is 12.6 Å². The second kappa shape index (κ2) is 5.59. The molecular weight excluding hydrogens is 232 g/mol. The molecule has 0 saturated heterocycles. The molecule has 0 aromatic carbocycles. The van der Waals surface area contributed by atoms with Crippen molar-refractivity contribution in [1.29, 1.82) is 0 Å². The summed E-state index contributed by atoms with van der Waals surface area (Å²) >= 11 is 0. The number of amides is 2. The summed E-state index contributed by atoms with van der Waals surface area (Å²) in [6, 6.07) is -0.124. The molecule has 1 fully saturated rings. The lowest BCUT2D eigenvalue weighted by Gasteiger charge is -2.46. The first kappa shape index (κ1) is 14.8. The smallest absolute Gasteiger partial charge is 0.315 e. The Morgan fingerprint density at radius 2 is 1.94 bits per heavy atom. The molecule has 3 atom stereocenters. The quantitative estimate of drug-likeness (QED) is 0.721. The average Bonchev–Trinajstić information content (AvgIpc) is 2.24. The first-order valence-corrected chi connectivity index (χ1v) is 6.57. The molecule has 1 saturated carbocycles. The Balaban J connectivity index is 2.72. The van der Waals surface area contributed by atoms with Crippen molar-refractivity contribution in [3.63, 3.8) is 0 Å². The molecule has 5 heteroatoms. The lowest BCUT2D eigenvalue weighted by molar-refractivity contribution is -0.150. The van der Waals surface area contributed by atoms with E-state index in [1.54, 1.807) is 0 Å². The third kappa shape index (κ3) is 2.94. The van der Waals surface area contributed by atoms with Crippen LogP contribution in [0.1, 0.15) is 40.5 Å². The number of hydrogen-bond donors (Lipinski definition) is 3. The second-order valence-corrected chi connectivity index (χ2v) is 5.69. The van der Waals surface area contributed by atoms with E-state index in [4.69, 9.17) is 0 Å². The maximum atomic E-state index is 11.5. The summed E-state index contributed by atoms with van der Waals surface area (Å²) in [5.74, 6) is -0.932. The first-order chi connectivity index (χ1) is 8.30. The summed E-state index contributed by atoms with van der Waals surface area (Å²) in [6.07, 6.45) is 1.34. The maximum absolute atomic E-state index is 11.5. The first-order valence-electron chi connectivity index (χ1n) is 6.57. The molecule has 5 nitrogen and oxygen atoms in total. The molecule has 1 aliphatic carbocycles. The number of carboxylic acid groups (broad SMARTS) is 1. The third-order valence-corrected chi connectivity index (χ3v) is 4.39. The van der Waals surface area contributed by atoms with Gasteiger partial charge in [-0.2, -0.15) is 0 Å². The Morgan fingerprint density at radius 3 is 2.44 bits per heavy atom. The van der Waals surface area contributed by atoms with Crippen molar-refractivity contribution in [3.05, 3.63) is 0 Å². The highest BCUT2D eigenvalue weighted by molar-refractivity contribution is 5.74. The van der Waals surface area contributed by atoms with Gasteiger partial charge < -0.3 is 15.7 Å². The van der Waals surface area contributed by atoms with E-state index in [0.717, 1.165) is 6.42 Å². The molecule has 3 unspecified atom stereocenters. The van der Waals surface area contributed by atoms with E-state index >= 15 is 0 Å². The van der Waals surface area contributed by atoms with E-state index in [1.165, 1.54) is 0 Å². The maximum Gasteiger partial charge on any atom is 0.315 e. The normalized spacial score (nSPS) is 30.6. The molecule has 0 heterocycles. The highest BCUT2D eigenvalue weighted by atomic mass is 16.4. The van der Waals surface area contributed by atoms with Gasteiger partial charge in [-0.1, -0.05) is 20.8 Å². The van der Waals surface area contributed by atoms with Crippen molar-refractivity contribution in [2.45, 2.75) is 46.6 Å². The number of rotatable bonds is 3. The summed E-state index contributed by atoms with van der Waals surface area (Å²) in [6.45, 7) is 8.43. The minimum absolute atomic E-state index is 0.0437. The molecule has 0 aromatic heterocycles. The number of hydrogen-bond acceptors (Lipinski definition) is 2. The van der Waals surface area contributed by atoms with Gasteiger partial charge in [-0.05, 0) is 31.1 Å². The summed E-state index contributed by atoms with van der Waals surface area (Å²) in [4.78, 5) is 22.8. The van der Waals surface area contributed by atoms with E-state index in [-0.39, 0.29) is 29.3 Å². The van der Waals surface area contributed by atoms with Crippen LogP contribution in [0.5, 0.6) is 0 Å². The topological polar surface area (TPSA) is 78.4 Å². The Kier molecular flexibility index (Phi) is 4.59. The van der Waals surface area contributed by atoms with Crippen molar-refractivity contribution < 1.29 is 14.7 Å². The van der Waals surface area contributed by atoms with Gasteiger partial charge >= 0.3 is 12.0 Å². The third-order valence-electron chi connectivity index (χ3n) is 4.39. The van der Waals surface area contributed by atoms with Crippen LogP contribution >= 0.6 is 0 Å². The Hall–Kier alpha value is -1.26. The zero-order valence-electron chi connectivity index (χ0n) is 11.6. The number of carbonyl (C=O) groups excluding carboxylic acids is 1. The largest absolute Gasteiger partial charge is 0.481 e. The zero-order valence-corrected chi connectivity index (χ0v) is 11.6. The predicted molar refractivity (Wildman–Crippen MR) is 69.3 cm³/mol. The molecule has 3 N–H and O–H groups in total. The molecule has 18 heavy (non-hydrogen) atoms. The molecule has 0 bridgehead atoms. The van der Waals surface area contributed by atoms with Gasteiger partial charge in [-0.25, -0.2) is 4.79 Å². The van der Waals surface area contributed by atoms with Crippen LogP contribution < -0.4 is 10.6 Å². The van der Waals surface area contributed by atoms with Crippen LogP contribution in [0, 0.1) is 17.3 Å². The van der Waals surface area contributed by atoms with Crippen molar-refractivity contribution in [2.75, 3.05) is 6.54 Å². The van der Waals surface area contributed by atoms with Gasteiger partial charge in [0.25, 0.3) is 0 Å². The van der Waals surface area contributed by atoms with Crippen molar-refractivity contribution in [1.82, 2.24) is 10.6 Å². The van der Waals surface area contributed by atoms with Crippen molar-refractivity contribution in [2.24, 2.45) is 17.3 Å². The van der Waals surface area contributed by atoms with Gasteiger partial charge in [0.1, 0.15) is 0 Å². The summed E-state index contributed by atoms with van der Waals surface area (Å²) < 4.78 is 0. The predicted octanol–water partition coefficient (Wildman–Crippen LogP) is 1.83. The van der Waals surface area contributed by atoms with E-state index in [2.05, 4.69) is 10.6 Å². The highest BCUT2D eigenvalue weighted by Crippen LogP contribution is 2.44. The summed E-state index contributed by atoms with van der Waals surface area (Å²) in [5.41, 5.74) is -0.311. The van der Waals surface area contributed by atoms with Crippen LogP contribution in [-0.2, 0) is 4.79 Å². The number of carboxylic acids is 1. The van der Waals surface area contributed by atoms with Crippen LogP contribution in [0.4, 0.5) is 4.79 Å². The second-order valence-electron chi connectivity index (χ2n) is 5.69. The molecule has 1 aliphatic rings. The Labute approximate surface area is 108 Å². The Bertz CT molecular complexity index is 328. The standard InChI is InChI=1S/C13H24N2O3/c1-5-14-12(18)15-10-7-6-9(11(16)17)13(3,4)8(10)2/h8-10H,5-7H2,1-4H3,(H,16,17)(H2,14,15,18). The summed E-state index contributed by atoms with van der Waals surface area (Å²) in [5, 5.41) is 14.9. The van der Waals surface area contributed by atoms with Crippen molar-refractivity contribution >= 4 is 12.0 Å². The van der Waals surface area contributed by atoms with Crippen LogP contribution in [-0.4, -0.2) is 29.7 Å². The average molecular weight is 256 g/mol. The molecule has 0 radical (unpaired) electrons. The van der Waals surface area contributed by atoms with Gasteiger partial charge in [0.2, 0.25) is 0 Å². The minimum atomic E-state index is -0.733. The number of nitrogens with one attached hydrogen (secondary N) is 2. The lowest BCUT2D eigenvalue weighted by Crippen LogP contribution is -2.54. The van der Waals surface area contributed by atoms with Crippen LogP contribution in [0.2, 0.25) is 0 Å². The van der Waals surface area contributed by atoms with Gasteiger partial charge in [-0.3, -0.25) is 4.79 Å². The molecule has 1 rings (SSSR count). The molecule has 2 amide bonds. The SMILES string of the molecule is CCNC(=O)NC1CCC(C(=O)O)C(C)(C)C1C. The summed E-state index contributed by atoms with van der Waals surface area (Å²) in [7, 11) is 0. The monoisotopic (exact) mass is 256 g/mol. The Morgan fingerprint density at radius 1 is 1.33 bits per heavy atom. The van der Waals surface area contributed by atoms with E-state index in [9.17, 15) is 14.7 Å². The molecule has 0 spiro atoms. The number of urea groups is 1. The molecular formula is C13H24N2O3. The van der Waals surface area contributed by atoms with Crippen molar-refractivity contribution in [3.8, 4) is 0 Å². The molecule has 104 valence electrons. The van der Waals surface area contributed by atoms with E-state index < -0.39 is 5.97 Å². The van der Waals surface area contributed by atoms with E-state index in [1.807, 2.05) is 27.7 Å². The number of aliphatic carboxylic acids is 1. The van der Waals surface area contributed by atoms with Crippen LogP contribution in [0.25, 0.3) is 0 Å². The fourth-order valence-electron chi connectivity index (χ4n) is 2.82. The lowest BCUT2D eigenvalue weighted by atomic mass is 9.61. The van der Waals surface area contributed by atoms with Gasteiger partial charge in [-0.15, -0.1) is 0 Å². The van der Waals surface area contributed by atoms with Gasteiger partial charge in [0.05, 0.1) is 5.92 Å². The molecule has 0 aliphatic heterocycles. The number of carbonyl (C=O) groups is 2. The minimum Gasteiger partial charge on any atom is -0.481 e. The fourth-order valence-corrected chi connectivity index (χ4v) is 2.82. The van der Waals surface area contributed by atoms with Gasteiger partial charge in [0.15, 0.2) is 0 Å². The van der Waals surface area contributed by atoms with Crippen LogP contribution in [0.3, 0.4) is 0 Å². The highest BCUT2D eigenvalue weighted by Gasteiger charge is 2.46. The molecule has 0 aromatic rings. The van der Waals surface area contributed by atoms with E-state index in [0.29, 0.717) is 13.0 Å². The fraction of sp³-hybridized carbons (Fsp3) is 0.846. The zero-order chi connectivity index (χ0) is 13.9. The van der Waals surface area contributed by atoms with Crippen LogP contribution in [0.15, 0.2) is 0 Å².